The van der Waals surface area contributed by atoms with Crippen LogP contribution in [0.4, 0.5) is 0 Å². The third-order valence-corrected chi connectivity index (χ3v) is 1.04. The lowest BCUT2D eigenvalue weighted by atomic mass is 10.4. The molecule has 62 valence electrons. The summed E-state index contributed by atoms with van der Waals surface area (Å²) in [7, 11) is 0. The Balaban J connectivity index is 2.83. The zero-order valence-electron chi connectivity index (χ0n) is 5.90. The van der Waals surface area contributed by atoms with Crippen molar-refractivity contribution in [3.8, 4) is 0 Å². The van der Waals surface area contributed by atoms with E-state index in [-0.39, 0.29) is 12.4 Å². The average Bonchev–Trinajstić information content (AvgIpc) is 2.06. The van der Waals surface area contributed by atoms with Gasteiger partial charge in [0.05, 0.1) is 0 Å². The second kappa shape index (κ2) is 3.50. The summed E-state index contributed by atoms with van der Waals surface area (Å²) >= 11 is 0. The first-order chi connectivity index (χ1) is 5.72. The summed E-state index contributed by atoms with van der Waals surface area (Å²) in [5, 5.41) is 0. The van der Waals surface area contributed by atoms with Crippen LogP contribution in [0.25, 0.3) is 0 Å². The van der Waals surface area contributed by atoms with Crippen LogP contribution >= 0.6 is 0 Å². The van der Waals surface area contributed by atoms with Crippen molar-refractivity contribution in [1.82, 2.24) is 0 Å². The monoisotopic (exact) mass is 168 g/mol. The van der Waals surface area contributed by atoms with Crippen LogP contribution in [0.3, 0.4) is 0 Å². The molecule has 0 radical (unpaired) electrons. The molecule has 0 aromatic carbocycles. The second-order valence-electron chi connectivity index (χ2n) is 1.89. The van der Waals surface area contributed by atoms with Gasteiger partial charge in [-0.25, -0.2) is 14.4 Å². The predicted molar refractivity (Wildman–Crippen MR) is 35.4 cm³/mol. The van der Waals surface area contributed by atoms with Crippen LogP contribution in [0.1, 0.15) is 0 Å². The minimum absolute atomic E-state index is 0.335. The third-order valence-electron chi connectivity index (χ3n) is 1.04. The predicted octanol–water partition coefficient (Wildman–Crippen LogP) is -0.642. The molecule has 5 heteroatoms. The molecule has 0 saturated heterocycles. The van der Waals surface area contributed by atoms with E-state index in [0.29, 0.717) is 0 Å². The molecule has 0 atom stereocenters. The van der Waals surface area contributed by atoms with Gasteiger partial charge in [0.2, 0.25) is 5.76 Å². The largest absolute Gasteiger partial charge is 0.453 e. The average molecular weight is 168 g/mol. The van der Waals surface area contributed by atoms with Crippen molar-refractivity contribution in [2.75, 3.05) is 6.61 Å². The maximum atomic E-state index is 10.6. The van der Waals surface area contributed by atoms with Crippen LogP contribution < -0.4 is 0 Å². The van der Waals surface area contributed by atoms with E-state index in [2.05, 4.69) is 9.47 Å². The van der Waals surface area contributed by atoms with Crippen LogP contribution in [0.2, 0.25) is 0 Å². The molecule has 12 heavy (non-hydrogen) atoms. The minimum atomic E-state index is -0.787. The van der Waals surface area contributed by atoms with Gasteiger partial charge in [-0.2, -0.15) is 0 Å². The molecule has 0 saturated carbocycles. The first-order valence-electron chi connectivity index (χ1n) is 3.03. The summed E-state index contributed by atoms with van der Waals surface area (Å²) in [6.45, 7) is -0.363. The molecule has 0 aromatic rings. The fourth-order valence-electron chi connectivity index (χ4n) is 0.556. The van der Waals surface area contributed by atoms with E-state index >= 15 is 0 Å². The first kappa shape index (κ1) is 8.23. The molecule has 0 spiro atoms. The van der Waals surface area contributed by atoms with E-state index in [0.717, 1.165) is 12.2 Å². The summed E-state index contributed by atoms with van der Waals surface area (Å²) in [5.74, 6) is -0.482. The van der Waals surface area contributed by atoms with Gasteiger partial charge in [0.15, 0.2) is 12.5 Å². The Morgan fingerprint density at radius 3 is 2.58 bits per heavy atom. The topological polar surface area (TPSA) is 69.7 Å². The molecular formula is C7H4O5. The second-order valence-corrected chi connectivity index (χ2v) is 1.89. The van der Waals surface area contributed by atoms with E-state index in [9.17, 15) is 14.4 Å². The molecule has 5 nitrogen and oxygen atoms in total. The molecule has 0 aliphatic carbocycles. The number of hydrogen-bond acceptors (Lipinski definition) is 5. The number of carbonyl (C=O) groups is 2. The van der Waals surface area contributed by atoms with E-state index in [1.807, 2.05) is 0 Å². The highest BCUT2D eigenvalue weighted by Gasteiger charge is 2.11. The Morgan fingerprint density at radius 2 is 1.92 bits per heavy atom. The van der Waals surface area contributed by atoms with Crippen molar-refractivity contribution < 1.29 is 23.9 Å². The van der Waals surface area contributed by atoms with Crippen molar-refractivity contribution in [3.63, 3.8) is 0 Å². The lowest BCUT2D eigenvalue weighted by molar-refractivity contribution is -0.143. The Bertz CT molecular complexity index is 295. The molecule has 0 bridgehead atoms. The highest BCUT2D eigenvalue weighted by Crippen LogP contribution is 1.99. The highest BCUT2D eigenvalue weighted by atomic mass is 16.6. The van der Waals surface area contributed by atoms with Gasteiger partial charge in [-0.1, -0.05) is 0 Å². The SMILES string of the molecule is O=C=C1COC(=O)/C=C/C(=O)O1. The molecule has 1 aliphatic heterocycles. The molecule has 0 fully saturated rings. The summed E-state index contributed by atoms with van der Waals surface area (Å²) in [6.07, 6.45) is 1.79. The van der Waals surface area contributed by atoms with Crippen molar-refractivity contribution in [1.29, 1.82) is 0 Å². The highest BCUT2D eigenvalue weighted by molar-refractivity contribution is 5.93. The molecule has 0 unspecified atom stereocenters. The van der Waals surface area contributed by atoms with Crippen molar-refractivity contribution >= 4 is 17.9 Å². The fraction of sp³-hybridized carbons (Fsp3) is 0.143. The molecular weight excluding hydrogens is 164 g/mol. The number of cyclic esters (lactones) is 2. The van der Waals surface area contributed by atoms with Gasteiger partial charge in [0.25, 0.3) is 0 Å². The van der Waals surface area contributed by atoms with Crippen LogP contribution in [0, 0.1) is 0 Å². The Kier molecular flexibility index (Phi) is 2.40. The number of hydrogen-bond donors (Lipinski definition) is 0. The number of ether oxygens (including phenoxy) is 2. The summed E-state index contributed by atoms with van der Waals surface area (Å²) < 4.78 is 8.81. The lowest BCUT2D eigenvalue weighted by Gasteiger charge is -2.05. The lowest BCUT2D eigenvalue weighted by Crippen LogP contribution is -2.14. The number of carbonyl (C=O) groups excluding carboxylic acids is 3. The molecule has 1 heterocycles. The summed E-state index contributed by atoms with van der Waals surface area (Å²) in [4.78, 5) is 31.2. The number of rotatable bonds is 0. The van der Waals surface area contributed by atoms with Gasteiger partial charge in [0, 0.05) is 12.2 Å². The molecule has 1 aliphatic rings. The Hall–Kier alpha value is -1.87. The molecule has 0 aromatic heterocycles. The maximum absolute atomic E-state index is 10.6. The van der Waals surface area contributed by atoms with Gasteiger partial charge >= 0.3 is 11.9 Å². The van der Waals surface area contributed by atoms with E-state index in [1.54, 1.807) is 0 Å². The zero-order valence-corrected chi connectivity index (χ0v) is 5.90. The van der Waals surface area contributed by atoms with Crippen molar-refractivity contribution in [3.05, 3.63) is 17.9 Å². The molecule has 0 amide bonds. The Labute approximate surface area is 67.3 Å². The minimum Gasteiger partial charge on any atom is -0.453 e. The van der Waals surface area contributed by atoms with Crippen molar-refractivity contribution in [2.45, 2.75) is 0 Å². The van der Waals surface area contributed by atoms with E-state index < -0.39 is 11.9 Å². The van der Waals surface area contributed by atoms with Gasteiger partial charge in [-0.15, -0.1) is 0 Å². The smallest absolute Gasteiger partial charge is 0.336 e. The quantitative estimate of drug-likeness (QED) is 0.355. The molecule has 1 rings (SSSR count). The zero-order chi connectivity index (χ0) is 8.97. The van der Waals surface area contributed by atoms with Crippen LogP contribution in [0.15, 0.2) is 17.9 Å². The first-order valence-corrected chi connectivity index (χ1v) is 3.03. The van der Waals surface area contributed by atoms with E-state index in [4.69, 9.17) is 0 Å². The summed E-state index contributed by atoms with van der Waals surface area (Å²) in [6, 6.07) is 0. The molecule has 0 N–H and O–H groups in total. The summed E-state index contributed by atoms with van der Waals surface area (Å²) in [5.41, 5.74) is 0. The van der Waals surface area contributed by atoms with Gasteiger partial charge in [0.1, 0.15) is 0 Å². The van der Waals surface area contributed by atoms with E-state index in [1.165, 1.54) is 5.94 Å². The van der Waals surface area contributed by atoms with Crippen molar-refractivity contribution in [2.24, 2.45) is 0 Å². The van der Waals surface area contributed by atoms with Crippen LogP contribution in [0.5, 0.6) is 0 Å². The number of esters is 2. The third kappa shape index (κ3) is 2.07. The normalized spacial score (nSPS) is 19.8. The fourth-order valence-corrected chi connectivity index (χ4v) is 0.556. The standard InChI is InChI=1S/C7H4O5/c8-3-5-4-11-6(9)1-2-7(10)12-5/h1-2H,4H2/b2-1+. The van der Waals surface area contributed by atoms with Gasteiger partial charge in [-0.3, -0.25) is 0 Å². The van der Waals surface area contributed by atoms with Gasteiger partial charge in [-0.05, 0) is 0 Å². The van der Waals surface area contributed by atoms with Crippen LogP contribution in [-0.2, 0) is 23.9 Å². The van der Waals surface area contributed by atoms with Gasteiger partial charge < -0.3 is 9.47 Å². The Morgan fingerprint density at radius 1 is 1.25 bits per heavy atom. The maximum Gasteiger partial charge on any atom is 0.336 e. The van der Waals surface area contributed by atoms with Crippen LogP contribution in [-0.4, -0.2) is 24.5 Å².